The van der Waals surface area contributed by atoms with Crippen molar-refractivity contribution in [1.29, 1.82) is 0 Å². The van der Waals surface area contributed by atoms with E-state index in [4.69, 9.17) is 49.5 Å². The monoisotopic (exact) mass is 358 g/mol. The lowest BCUT2D eigenvalue weighted by molar-refractivity contribution is -0.142. The van der Waals surface area contributed by atoms with Crippen LogP contribution in [0.25, 0.3) is 0 Å². The van der Waals surface area contributed by atoms with Gasteiger partial charge in [0.2, 0.25) is 0 Å². The van der Waals surface area contributed by atoms with Gasteiger partial charge in [0.25, 0.3) is 0 Å². The van der Waals surface area contributed by atoms with E-state index in [0.29, 0.717) is 0 Å². The second-order valence-corrected chi connectivity index (χ2v) is 5.69. The first-order valence-corrected chi connectivity index (χ1v) is 7.94. The lowest BCUT2D eigenvalue weighted by Crippen LogP contribution is -2.45. The van der Waals surface area contributed by atoms with E-state index in [2.05, 4.69) is 4.52 Å². The van der Waals surface area contributed by atoms with Crippen LogP contribution in [0.5, 0.6) is 0 Å². The molecule has 0 heterocycles. The van der Waals surface area contributed by atoms with Crippen LogP contribution in [0, 0.1) is 0 Å². The highest BCUT2D eigenvalue weighted by molar-refractivity contribution is 7.46. The first kappa shape index (κ1) is 23.0. The molecule has 3 atom stereocenters. The molecule has 0 amide bonds. The van der Waals surface area contributed by atoms with E-state index < -0.39 is 53.0 Å². The van der Waals surface area contributed by atoms with E-state index in [1.165, 1.54) is 0 Å². The summed E-state index contributed by atoms with van der Waals surface area (Å²) in [7, 11) is -9.48. The molecule has 0 saturated carbocycles. The van der Waals surface area contributed by atoms with Crippen LogP contribution in [0.15, 0.2) is 0 Å². The van der Waals surface area contributed by atoms with E-state index >= 15 is 0 Å². The van der Waals surface area contributed by atoms with Crippen LogP contribution in [-0.4, -0.2) is 82.2 Å². The van der Waals surface area contributed by atoms with Crippen molar-refractivity contribution in [3.05, 3.63) is 0 Å². The third kappa shape index (κ3) is 15.9. The van der Waals surface area contributed by atoms with Crippen molar-refractivity contribution in [2.24, 2.45) is 0 Å². The molecule has 0 aromatic rings. The van der Waals surface area contributed by atoms with Crippen LogP contribution in [0.1, 0.15) is 0 Å². The third-order valence-corrected chi connectivity index (χ3v) is 2.08. The van der Waals surface area contributed by atoms with Gasteiger partial charge in [-0.15, -0.1) is 0 Å². The number of phosphoric acid groups is 2. The number of carbonyl (C=O) groups excluding carboxylic acids is 1. The lowest BCUT2D eigenvalue weighted by atomic mass is 10.1. The van der Waals surface area contributed by atoms with Crippen molar-refractivity contribution in [2.45, 2.75) is 18.3 Å². The molecule has 0 radical (unpaired) electrons. The fourth-order valence-corrected chi connectivity index (χ4v) is 1.04. The molecular weight excluding hydrogens is 342 g/mol. The summed E-state index contributed by atoms with van der Waals surface area (Å²) in [5.41, 5.74) is 0. The molecule has 0 aliphatic carbocycles. The van der Waals surface area contributed by atoms with Crippen LogP contribution >= 0.6 is 15.6 Å². The molecule has 0 aromatic carbocycles. The Morgan fingerprint density at radius 2 is 1.38 bits per heavy atom. The van der Waals surface area contributed by atoms with Gasteiger partial charge in [0, 0.05) is 0 Å². The summed E-state index contributed by atoms with van der Waals surface area (Å²) >= 11 is 0. The molecule has 0 bridgehead atoms. The third-order valence-electron chi connectivity index (χ3n) is 1.61. The zero-order chi connectivity index (χ0) is 17.4. The highest BCUT2D eigenvalue weighted by atomic mass is 31.2. The molecule has 9 N–H and O–H groups in total. The number of carbonyl (C=O) groups is 1. The van der Waals surface area contributed by atoms with Crippen LogP contribution in [-0.2, 0) is 18.4 Å². The van der Waals surface area contributed by atoms with Gasteiger partial charge in [-0.25, -0.2) is 9.13 Å². The van der Waals surface area contributed by atoms with Gasteiger partial charge in [-0.2, -0.15) is 0 Å². The summed E-state index contributed by atoms with van der Waals surface area (Å²) in [6, 6.07) is 0. The van der Waals surface area contributed by atoms with Gasteiger partial charge in [0.05, 0.1) is 6.61 Å². The minimum absolute atomic E-state index is 0.884. The molecular formula is C6H16O13P2. The topological polar surface area (TPSA) is 243 Å². The maximum absolute atomic E-state index is 11.0. The zero-order valence-corrected chi connectivity index (χ0v) is 12.0. The van der Waals surface area contributed by atoms with Crippen LogP contribution < -0.4 is 0 Å². The molecule has 0 aliphatic heterocycles. The number of phosphoric ester groups is 1. The zero-order valence-electron chi connectivity index (χ0n) is 10.2. The SMILES string of the molecule is O=C(COP(=O)(O)O)[C@@H](O)[C@H](O)[C@H](O)CO.O=P(O)(O)O. The van der Waals surface area contributed by atoms with E-state index in [1.54, 1.807) is 0 Å². The van der Waals surface area contributed by atoms with Crippen molar-refractivity contribution >= 4 is 21.4 Å². The van der Waals surface area contributed by atoms with E-state index in [1.807, 2.05) is 0 Å². The number of Topliss-reactive ketones (excluding diaryl/α,β-unsaturated/α-hetero) is 1. The number of aliphatic hydroxyl groups excluding tert-OH is 4. The van der Waals surface area contributed by atoms with Crippen LogP contribution in [0.2, 0.25) is 0 Å². The quantitative estimate of drug-likeness (QED) is 0.196. The lowest BCUT2D eigenvalue weighted by Gasteiger charge is -2.20. The Balaban J connectivity index is 0. The second-order valence-electron chi connectivity index (χ2n) is 3.43. The normalized spacial score (nSPS) is 16.4. The largest absolute Gasteiger partial charge is 0.470 e. The molecule has 0 unspecified atom stereocenters. The fraction of sp³-hybridized carbons (Fsp3) is 0.833. The predicted molar refractivity (Wildman–Crippen MR) is 62.4 cm³/mol. The highest BCUT2D eigenvalue weighted by Gasteiger charge is 2.31. The Morgan fingerprint density at radius 1 is 1.00 bits per heavy atom. The molecule has 0 rings (SSSR count). The van der Waals surface area contributed by atoms with Gasteiger partial charge in [0.1, 0.15) is 24.9 Å². The van der Waals surface area contributed by atoms with Crippen molar-refractivity contribution in [3.8, 4) is 0 Å². The molecule has 0 aliphatic rings. The van der Waals surface area contributed by atoms with Crippen LogP contribution in [0.3, 0.4) is 0 Å². The summed E-state index contributed by atoms with van der Waals surface area (Å²) in [5.74, 6) is -1.23. The fourth-order valence-electron chi connectivity index (χ4n) is 0.742. The van der Waals surface area contributed by atoms with Gasteiger partial charge in [0.15, 0.2) is 5.78 Å². The molecule has 15 heteroatoms. The van der Waals surface area contributed by atoms with Gasteiger partial charge in [-0.05, 0) is 0 Å². The van der Waals surface area contributed by atoms with Gasteiger partial charge >= 0.3 is 15.6 Å². The van der Waals surface area contributed by atoms with E-state index in [9.17, 15) is 9.36 Å². The summed E-state index contributed by atoms with van der Waals surface area (Å²) in [5, 5.41) is 35.4. The summed E-state index contributed by atoms with van der Waals surface area (Å²) < 4.78 is 22.9. The average molecular weight is 358 g/mol. The number of hydrogen-bond donors (Lipinski definition) is 9. The minimum atomic E-state index is -4.85. The molecule has 128 valence electrons. The maximum Gasteiger partial charge on any atom is 0.470 e. The Morgan fingerprint density at radius 3 is 1.67 bits per heavy atom. The summed E-state index contributed by atoms with van der Waals surface area (Å²) in [6.45, 7) is -2.01. The highest BCUT2D eigenvalue weighted by Crippen LogP contribution is 2.35. The number of aliphatic hydroxyl groups is 4. The molecule has 0 aromatic heterocycles. The Kier molecular flexibility index (Phi) is 10.6. The molecule has 0 fully saturated rings. The molecule has 21 heavy (non-hydrogen) atoms. The predicted octanol–water partition coefficient (Wildman–Crippen LogP) is -4.19. The van der Waals surface area contributed by atoms with E-state index in [0.717, 1.165) is 0 Å². The van der Waals surface area contributed by atoms with Crippen molar-refractivity contribution in [3.63, 3.8) is 0 Å². The number of ketones is 1. The summed E-state index contributed by atoms with van der Waals surface area (Å²) in [4.78, 5) is 49.0. The molecule has 13 nitrogen and oxygen atoms in total. The number of rotatable bonds is 7. The van der Waals surface area contributed by atoms with Crippen molar-refractivity contribution in [2.75, 3.05) is 13.2 Å². The first-order valence-electron chi connectivity index (χ1n) is 4.85. The van der Waals surface area contributed by atoms with Gasteiger partial charge in [-0.1, -0.05) is 0 Å². The van der Waals surface area contributed by atoms with Gasteiger partial charge < -0.3 is 44.9 Å². The Bertz CT molecular complexity index is 389. The maximum atomic E-state index is 11.0. The Hall–Kier alpha value is -0.270. The van der Waals surface area contributed by atoms with Crippen LogP contribution in [0.4, 0.5) is 0 Å². The summed E-state index contributed by atoms with van der Waals surface area (Å²) in [6.07, 6.45) is -5.81. The molecule has 0 saturated heterocycles. The van der Waals surface area contributed by atoms with Crippen molar-refractivity contribution < 1.29 is 63.3 Å². The van der Waals surface area contributed by atoms with Gasteiger partial charge in [-0.3, -0.25) is 9.32 Å². The van der Waals surface area contributed by atoms with Crippen molar-refractivity contribution in [1.82, 2.24) is 0 Å². The average Bonchev–Trinajstić information content (AvgIpc) is 2.30. The minimum Gasteiger partial charge on any atom is -0.394 e. The van der Waals surface area contributed by atoms with E-state index in [-0.39, 0.29) is 0 Å². The standard InChI is InChI=1S/C6H13O9P.H3O4P/c7-1-3(8)5(10)6(11)4(9)2-15-16(12,13)14;1-5(2,3)4/h3,5-8,10-11H,1-2H2,(H2,12,13,14);(H3,1,2,3,4)/t3-,5-,6-;/m1./s1. The number of hydrogen-bond acceptors (Lipinski definition) is 8. The second kappa shape index (κ2) is 9.69. The molecule has 0 spiro atoms. The smallest absolute Gasteiger partial charge is 0.394 e. The first-order chi connectivity index (χ1) is 9.19. The Labute approximate surface area is 117 Å².